The number of azo groups is 2. The lowest BCUT2D eigenvalue weighted by Gasteiger charge is -2.12. The van der Waals surface area contributed by atoms with Crippen LogP contribution in [0.5, 0.6) is 11.5 Å². The van der Waals surface area contributed by atoms with E-state index in [1.165, 1.54) is 37.4 Å². The number of methoxy groups -OCH3 is 1. The molecule has 48 heavy (non-hydrogen) atoms. The number of nitrogens with two attached hydrogens (primary N) is 1. The Labute approximate surface area is 272 Å². The molecule has 1 aliphatic rings. The highest BCUT2D eigenvalue weighted by Crippen LogP contribution is 2.43. The van der Waals surface area contributed by atoms with E-state index < -0.39 is 54.2 Å². The van der Waals surface area contributed by atoms with E-state index in [-0.39, 0.29) is 44.2 Å². The molecule has 17 nitrogen and oxygen atoms in total. The molecule has 0 aliphatic carbocycles. The highest BCUT2D eigenvalue weighted by Gasteiger charge is 2.41. The zero-order valence-electron chi connectivity index (χ0n) is 24.9. The third-order valence-corrected chi connectivity index (χ3v) is 8.87. The Morgan fingerprint density at radius 2 is 1.71 bits per heavy atom. The number of phenolic OH excluding ortho intramolecular Hbond substituents is 1. The van der Waals surface area contributed by atoms with Crippen LogP contribution in [-0.4, -0.2) is 68.6 Å². The summed E-state index contributed by atoms with van der Waals surface area (Å²) < 4.78 is 60.3. The van der Waals surface area contributed by atoms with Gasteiger partial charge in [-0.25, -0.2) is 9.00 Å². The number of aryl methyl sites for hydroxylation is 1. The summed E-state index contributed by atoms with van der Waals surface area (Å²) in [5, 5.41) is 41.6. The number of phenols is 1. The van der Waals surface area contributed by atoms with Crippen LogP contribution >= 0.6 is 0 Å². The van der Waals surface area contributed by atoms with E-state index in [0.29, 0.717) is 16.3 Å². The highest BCUT2D eigenvalue weighted by molar-refractivity contribution is 7.95. The molecule has 0 radical (unpaired) electrons. The SMILES string of the molecule is C=S(=O)(O)c1cc2cc(N=NC3C(=O)N(c4ccc(S(=O)(=O)O)cc4)N=C3C(=O)O)ccc2c(O)c1N=Nc1cc(C)c(N)cc1OC. The normalized spacial score (nSPS) is 16.5. The predicted octanol–water partition coefficient (Wildman–Crippen LogP) is 4.59. The molecule has 1 heterocycles. The molecular formula is C29H25N7O10S2. The van der Waals surface area contributed by atoms with Gasteiger partial charge in [0.05, 0.1) is 28.3 Å². The lowest BCUT2D eigenvalue weighted by atomic mass is 10.1. The molecule has 0 saturated carbocycles. The summed E-state index contributed by atoms with van der Waals surface area (Å²) in [6.45, 7) is 1.74. The molecule has 19 heteroatoms. The molecule has 6 N–H and O–H groups in total. The number of carbonyl (C=O) groups excluding carboxylic acids is 1. The molecule has 0 spiro atoms. The predicted molar refractivity (Wildman–Crippen MR) is 175 cm³/mol. The number of nitrogens with zero attached hydrogens (tertiary/aromatic N) is 6. The van der Waals surface area contributed by atoms with Crippen LogP contribution in [0.4, 0.5) is 28.4 Å². The van der Waals surface area contributed by atoms with E-state index in [4.69, 9.17) is 10.5 Å². The average molecular weight is 696 g/mol. The molecular weight excluding hydrogens is 670 g/mol. The van der Waals surface area contributed by atoms with Crippen LogP contribution in [0.2, 0.25) is 0 Å². The van der Waals surface area contributed by atoms with E-state index in [1.54, 1.807) is 13.0 Å². The van der Waals surface area contributed by atoms with E-state index in [0.717, 1.165) is 24.3 Å². The minimum Gasteiger partial charge on any atom is -0.505 e. The second-order valence-corrected chi connectivity index (χ2v) is 13.4. The van der Waals surface area contributed by atoms with Crippen LogP contribution in [0, 0.1) is 6.92 Å². The number of hydrazone groups is 1. The van der Waals surface area contributed by atoms with Crippen molar-refractivity contribution in [2.24, 2.45) is 25.6 Å². The smallest absolute Gasteiger partial charge is 0.355 e. The monoisotopic (exact) mass is 695 g/mol. The summed E-state index contributed by atoms with van der Waals surface area (Å²) in [7, 11) is -7.10. The van der Waals surface area contributed by atoms with Crippen molar-refractivity contribution >= 4 is 82.6 Å². The van der Waals surface area contributed by atoms with Gasteiger partial charge in [0.1, 0.15) is 26.9 Å². The number of carboxylic acid groups (broad SMARTS) is 1. The first-order valence-corrected chi connectivity index (χ1v) is 16.5. The Balaban J connectivity index is 1.50. The minimum absolute atomic E-state index is 0.00346. The molecule has 5 rings (SSSR count). The molecule has 1 aliphatic heterocycles. The fourth-order valence-electron chi connectivity index (χ4n) is 4.55. The average Bonchev–Trinajstić information content (AvgIpc) is 3.36. The lowest BCUT2D eigenvalue weighted by molar-refractivity contribution is -0.130. The number of ether oxygens (including phenoxy) is 1. The zero-order valence-corrected chi connectivity index (χ0v) is 26.5. The molecule has 1 amide bonds. The van der Waals surface area contributed by atoms with Crippen LogP contribution in [0.3, 0.4) is 0 Å². The molecule has 4 aromatic rings. The number of hydrogen-bond acceptors (Lipinski definition) is 13. The van der Waals surface area contributed by atoms with Crippen LogP contribution in [0.15, 0.2) is 96.0 Å². The van der Waals surface area contributed by atoms with Gasteiger partial charge in [0.2, 0.25) is 6.04 Å². The summed E-state index contributed by atoms with van der Waals surface area (Å²) in [4.78, 5) is 24.2. The highest BCUT2D eigenvalue weighted by atomic mass is 32.2. The van der Waals surface area contributed by atoms with E-state index in [9.17, 15) is 41.5 Å². The lowest BCUT2D eigenvalue weighted by Crippen LogP contribution is -2.33. The van der Waals surface area contributed by atoms with Crippen molar-refractivity contribution in [1.82, 2.24) is 0 Å². The first-order valence-electron chi connectivity index (χ1n) is 13.4. The summed E-state index contributed by atoms with van der Waals surface area (Å²) >= 11 is 0. The first kappa shape index (κ1) is 33.6. The van der Waals surface area contributed by atoms with E-state index in [1.807, 2.05) is 0 Å². The van der Waals surface area contributed by atoms with Gasteiger partial charge in [0.25, 0.3) is 16.0 Å². The van der Waals surface area contributed by atoms with Crippen molar-refractivity contribution < 1.29 is 46.3 Å². The number of anilines is 2. The van der Waals surface area contributed by atoms with Gasteiger partial charge in [-0.05, 0) is 78.3 Å². The molecule has 0 fully saturated rings. The van der Waals surface area contributed by atoms with Crippen LogP contribution in [-0.2, 0) is 29.5 Å². The molecule has 4 aromatic carbocycles. The standard InChI is InChI=1S/C29H25N7O10S2/c1-14-10-21(22(46-2)13-20(14)30)32-33-24-23(47(3,41)42)12-15-11-16(4-9-19(15)27(24)37)31-34-25-26(29(39)40)35-36(28(25)38)17-5-7-18(8-6-17)48(43,44)45/h4-13,25,37H,3,30H2,1-2H3,(H,39,40)(H,41,42)(H,43,44,45). The van der Waals surface area contributed by atoms with E-state index in [2.05, 4.69) is 31.4 Å². The van der Waals surface area contributed by atoms with Crippen LogP contribution in [0.1, 0.15) is 5.56 Å². The summed E-state index contributed by atoms with van der Waals surface area (Å²) in [6.07, 6.45) is 0. The number of rotatable bonds is 9. The maximum atomic E-state index is 13.1. The van der Waals surface area contributed by atoms with Crippen molar-refractivity contribution in [2.45, 2.75) is 22.8 Å². The van der Waals surface area contributed by atoms with Gasteiger partial charge in [-0.15, -0.1) is 10.2 Å². The van der Waals surface area contributed by atoms with Crippen molar-refractivity contribution in [2.75, 3.05) is 17.9 Å². The maximum absolute atomic E-state index is 13.1. The minimum atomic E-state index is -4.52. The Morgan fingerprint density at radius 1 is 1.02 bits per heavy atom. The molecule has 0 aromatic heterocycles. The number of nitrogen functional groups attached to an aromatic ring is 1. The molecule has 0 bridgehead atoms. The number of aromatic hydroxyl groups is 1. The van der Waals surface area contributed by atoms with Gasteiger partial charge in [-0.2, -0.15) is 28.8 Å². The third-order valence-electron chi connectivity index (χ3n) is 7.00. The number of benzene rings is 4. The van der Waals surface area contributed by atoms with Gasteiger partial charge in [0, 0.05) is 17.1 Å². The Hall–Kier alpha value is -5.76. The number of aliphatic carboxylic acids is 1. The fraction of sp³-hybridized carbons (Fsp3) is 0.103. The molecule has 0 saturated heterocycles. The van der Waals surface area contributed by atoms with Crippen molar-refractivity contribution in [1.29, 1.82) is 0 Å². The van der Waals surface area contributed by atoms with Crippen molar-refractivity contribution in [3.63, 3.8) is 0 Å². The first-order chi connectivity index (χ1) is 22.5. The maximum Gasteiger partial charge on any atom is 0.355 e. The number of carboxylic acids is 1. The zero-order chi connectivity index (χ0) is 35.1. The second-order valence-electron chi connectivity index (χ2n) is 10.2. The van der Waals surface area contributed by atoms with Crippen molar-refractivity contribution in [3.8, 4) is 11.5 Å². The fourth-order valence-corrected chi connectivity index (χ4v) is 5.78. The Kier molecular flexibility index (Phi) is 8.71. The number of fused-ring (bicyclic) bond motifs is 1. The van der Waals surface area contributed by atoms with Gasteiger partial charge in [-0.3, -0.25) is 9.35 Å². The molecule has 2 unspecified atom stereocenters. The Morgan fingerprint density at radius 3 is 2.31 bits per heavy atom. The van der Waals surface area contributed by atoms with Gasteiger partial charge in [-0.1, -0.05) is 0 Å². The molecule has 248 valence electrons. The van der Waals surface area contributed by atoms with Crippen molar-refractivity contribution in [3.05, 3.63) is 66.2 Å². The number of hydrogen-bond donors (Lipinski definition) is 5. The van der Waals surface area contributed by atoms with Gasteiger partial charge >= 0.3 is 5.97 Å². The summed E-state index contributed by atoms with van der Waals surface area (Å²) in [5.41, 5.74) is 6.31. The quantitative estimate of drug-likeness (QED) is 0.0699. The van der Waals surface area contributed by atoms with Gasteiger partial charge in [0.15, 0.2) is 11.5 Å². The second kappa shape index (κ2) is 12.4. The number of amides is 1. The summed E-state index contributed by atoms with van der Waals surface area (Å²) in [5.74, 6) is 0.566. The van der Waals surface area contributed by atoms with E-state index >= 15 is 0 Å². The third kappa shape index (κ3) is 6.55. The largest absolute Gasteiger partial charge is 0.505 e. The Bertz CT molecular complexity index is 2320. The summed E-state index contributed by atoms with van der Waals surface area (Å²) in [6, 6.07) is 11.1. The number of carbonyl (C=O) groups is 2. The molecule has 2 atom stereocenters. The topological polar surface area (TPSA) is 267 Å². The van der Waals surface area contributed by atoms with Gasteiger partial charge < -0.3 is 25.2 Å². The van der Waals surface area contributed by atoms with Crippen LogP contribution < -0.4 is 15.5 Å². The van der Waals surface area contributed by atoms with Crippen LogP contribution in [0.25, 0.3) is 10.8 Å².